The first-order valence-electron chi connectivity index (χ1n) is 9.83. The predicted molar refractivity (Wildman–Crippen MR) is 126 cm³/mol. The van der Waals surface area contributed by atoms with Crippen LogP contribution in [0.5, 0.6) is 17.2 Å². The van der Waals surface area contributed by atoms with E-state index in [0.717, 1.165) is 11.6 Å². The van der Waals surface area contributed by atoms with Crippen molar-refractivity contribution >= 4 is 33.7 Å². The number of nitrogens with one attached hydrogen (secondary N) is 1. The average molecular weight is 514 g/mol. The van der Waals surface area contributed by atoms with E-state index in [1.807, 2.05) is 37.3 Å². The smallest absolute Gasteiger partial charge is 0.311 e. The van der Waals surface area contributed by atoms with Gasteiger partial charge >= 0.3 is 5.69 Å². The molecule has 0 aliphatic carbocycles. The highest BCUT2D eigenvalue weighted by Gasteiger charge is 2.20. The first-order valence-corrected chi connectivity index (χ1v) is 10.6. The molecule has 0 saturated heterocycles. The number of carbonyl (C=O) groups is 1. The van der Waals surface area contributed by atoms with E-state index in [0.29, 0.717) is 34.7 Å². The summed E-state index contributed by atoms with van der Waals surface area (Å²) in [6.45, 7) is 2.62. The highest BCUT2D eigenvalue weighted by atomic mass is 79.9. The maximum atomic E-state index is 12.3. The Morgan fingerprint density at radius 1 is 1.18 bits per heavy atom. The quantitative estimate of drug-likeness (QED) is 0.240. The van der Waals surface area contributed by atoms with Gasteiger partial charge in [-0.25, -0.2) is 5.43 Å². The van der Waals surface area contributed by atoms with Crippen LogP contribution in [0.4, 0.5) is 5.69 Å². The van der Waals surface area contributed by atoms with Crippen LogP contribution in [0.1, 0.15) is 28.4 Å². The van der Waals surface area contributed by atoms with Crippen LogP contribution in [0.3, 0.4) is 0 Å². The second-order valence-corrected chi connectivity index (χ2v) is 7.52. The minimum Gasteiger partial charge on any atom is -0.502 e. The van der Waals surface area contributed by atoms with Gasteiger partial charge in [-0.2, -0.15) is 5.10 Å². The molecule has 0 aliphatic heterocycles. The number of nitrogens with zero attached hydrogens (tertiary/aromatic N) is 2. The number of nitro groups is 1. The third-order valence-electron chi connectivity index (χ3n) is 4.39. The Hall–Kier alpha value is -3.92. The van der Waals surface area contributed by atoms with Crippen molar-refractivity contribution < 1.29 is 24.3 Å². The summed E-state index contributed by atoms with van der Waals surface area (Å²) in [5.74, 6) is -0.494. The molecular formula is C23H20BrN3O6. The maximum Gasteiger partial charge on any atom is 0.311 e. The molecule has 2 N–H and O–H groups in total. The predicted octanol–water partition coefficient (Wildman–Crippen LogP) is 4.80. The van der Waals surface area contributed by atoms with Crippen molar-refractivity contribution in [2.75, 3.05) is 6.61 Å². The van der Waals surface area contributed by atoms with Crippen molar-refractivity contribution in [2.24, 2.45) is 5.10 Å². The lowest BCUT2D eigenvalue weighted by atomic mass is 10.1. The zero-order valence-corrected chi connectivity index (χ0v) is 19.1. The van der Waals surface area contributed by atoms with Crippen LogP contribution < -0.4 is 14.9 Å². The van der Waals surface area contributed by atoms with Gasteiger partial charge in [0.2, 0.25) is 5.75 Å². The third-order valence-corrected chi connectivity index (χ3v) is 4.98. The second kappa shape index (κ2) is 11.1. The number of amides is 1. The number of ether oxygens (including phenoxy) is 2. The van der Waals surface area contributed by atoms with Crippen LogP contribution in [-0.4, -0.2) is 28.8 Å². The molecule has 9 nitrogen and oxygen atoms in total. The Morgan fingerprint density at radius 2 is 1.94 bits per heavy atom. The van der Waals surface area contributed by atoms with E-state index < -0.39 is 22.3 Å². The van der Waals surface area contributed by atoms with Gasteiger partial charge in [0.1, 0.15) is 6.61 Å². The van der Waals surface area contributed by atoms with Gasteiger partial charge in [0.15, 0.2) is 11.5 Å². The Morgan fingerprint density at radius 3 is 2.64 bits per heavy atom. The van der Waals surface area contributed by atoms with Gasteiger partial charge in [-0.3, -0.25) is 14.9 Å². The van der Waals surface area contributed by atoms with E-state index in [4.69, 9.17) is 9.47 Å². The highest BCUT2D eigenvalue weighted by molar-refractivity contribution is 9.10. The fraction of sp³-hybridized carbons (Fsp3) is 0.130. The van der Waals surface area contributed by atoms with E-state index in [2.05, 4.69) is 26.5 Å². The molecule has 3 aromatic carbocycles. The lowest BCUT2D eigenvalue weighted by molar-refractivity contribution is -0.385. The largest absolute Gasteiger partial charge is 0.502 e. The van der Waals surface area contributed by atoms with Crippen LogP contribution in [0, 0.1) is 10.1 Å². The molecule has 0 bridgehead atoms. The molecule has 0 fully saturated rings. The number of phenols is 1. The summed E-state index contributed by atoms with van der Waals surface area (Å²) < 4.78 is 12.3. The topological polar surface area (TPSA) is 123 Å². The first-order chi connectivity index (χ1) is 15.9. The number of hydrazone groups is 1. The van der Waals surface area contributed by atoms with Crippen molar-refractivity contribution in [3.63, 3.8) is 0 Å². The monoisotopic (exact) mass is 513 g/mol. The Kier molecular flexibility index (Phi) is 7.98. The lowest BCUT2D eigenvalue weighted by Gasteiger charge is -2.14. The fourth-order valence-electron chi connectivity index (χ4n) is 2.88. The maximum absolute atomic E-state index is 12.3. The van der Waals surface area contributed by atoms with Gasteiger partial charge in [0.05, 0.1) is 27.8 Å². The lowest BCUT2D eigenvalue weighted by Crippen LogP contribution is -2.18. The minimum absolute atomic E-state index is 0.262. The molecule has 10 heteroatoms. The number of aromatic hydroxyl groups is 1. The Balaban J connectivity index is 1.75. The number of hydrogen-bond acceptors (Lipinski definition) is 7. The minimum atomic E-state index is -0.792. The van der Waals surface area contributed by atoms with E-state index in [1.54, 1.807) is 12.1 Å². The number of nitro benzene ring substituents is 1. The van der Waals surface area contributed by atoms with Crippen LogP contribution in [0.2, 0.25) is 0 Å². The van der Waals surface area contributed by atoms with Crippen molar-refractivity contribution in [2.45, 2.75) is 13.5 Å². The number of carbonyl (C=O) groups excluding carboxylic acids is 1. The fourth-order valence-corrected chi connectivity index (χ4v) is 3.46. The number of rotatable bonds is 9. The summed E-state index contributed by atoms with van der Waals surface area (Å²) in [4.78, 5) is 22.4. The van der Waals surface area contributed by atoms with Gasteiger partial charge < -0.3 is 14.6 Å². The third kappa shape index (κ3) is 6.07. The van der Waals surface area contributed by atoms with E-state index in [9.17, 15) is 20.0 Å². The van der Waals surface area contributed by atoms with Crippen molar-refractivity contribution in [1.82, 2.24) is 5.43 Å². The second-order valence-electron chi connectivity index (χ2n) is 6.67. The molecule has 0 saturated carbocycles. The van der Waals surface area contributed by atoms with Crippen molar-refractivity contribution in [3.05, 3.63) is 91.9 Å². The van der Waals surface area contributed by atoms with Crippen molar-refractivity contribution in [1.29, 1.82) is 0 Å². The molecule has 0 spiro atoms. The van der Waals surface area contributed by atoms with Crippen molar-refractivity contribution in [3.8, 4) is 17.2 Å². The zero-order chi connectivity index (χ0) is 23.8. The van der Waals surface area contributed by atoms with E-state index in [-0.39, 0.29) is 5.56 Å². The van der Waals surface area contributed by atoms with Crippen LogP contribution in [0.15, 0.2) is 70.2 Å². The molecule has 0 unspecified atom stereocenters. The van der Waals surface area contributed by atoms with Gasteiger partial charge in [0.25, 0.3) is 5.91 Å². The number of halogens is 1. The summed E-state index contributed by atoms with van der Waals surface area (Å²) in [7, 11) is 0. The van der Waals surface area contributed by atoms with Crippen LogP contribution in [0.25, 0.3) is 0 Å². The Bertz CT molecular complexity index is 1180. The van der Waals surface area contributed by atoms with Gasteiger partial charge in [-0.1, -0.05) is 36.4 Å². The summed E-state index contributed by atoms with van der Waals surface area (Å²) in [6.07, 6.45) is 1.38. The SMILES string of the molecule is CCOc1cc(/C=N\NC(=O)c2cccc([N+](=O)[O-])c2O)cc(Br)c1OCc1ccccc1. The highest BCUT2D eigenvalue weighted by Crippen LogP contribution is 2.37. The Labute approximate surface area is 197 Å². The number of phenolic OH excluding ortho intramolecular Hbond substituents is 1. The summed E-state index contributed by atoms with van der Waals surface area (Å²) in [6, 6.07) is 16.8. The molecule has 3 aromatic rings. The molecule has 0 radical (unpaired) electrons. The van der Waals surface area contributed by atoms with E-state index >= 15 is 0 Å². The summed E-state index contributed by atoms with van der Waals surface area (Å²) in [5.41, 5.74) is 3.02. The first kappa shape index (κ1) is 23.7. The molecule has 0 heterocycles. The number of hydrogen-bond donors (Lipinski definition) is 2. The summed E-state index contributed by atoms with van der Waals surface area (Å²) >= 11 is 3.48. The molecule has 0 aliphatic rings. The molecule has 0 aromatic heterocycles. The molecular weight excluding hydrogens is 494 g/mol. The average Bonchev–Trinajstić information content (AvgIpc) is 2.79. The summed E-state index contributed by atoms with van der Waals surface area (Å²) in [5, 5.41) is 24.8. The molecule has 3 rings (SSSR count). The molecule has 1 amide bonds. The standard InChI is InChI=1S/C23H20BrN3O6/c1-2-32-20-12-16(11-18(24)22(20)33-14-15-7-4-3-5-8-15)13-25-26-23(29)17-9-6-10-19(21(17)28)27(30)31/h3-13,28H,2,14H2,1H3,(H,26,29)/b25-13-. The zero-order valence-electron chi connectivity index (χ0n) is 17.5. The number of para-hydroxylation sites is 1. The van der Waals surface area contributed by atoms with Crippen LogP contribution >= 0.6 is 15.9 Å². The van der Waals surface area contributed by atoms with Gasteiger partial charge in [-0.15, -0.1) is 0 Å². The van der Waals surface area contributed by atoms with Gasteiger partial charge in [-0.05, 0) is 52.2 Å². The molecule has 0 atom stereocenters. The molecule has 170 valence electrons. The van der Waals surface area contributed by atoms with Gasteiger partial charge in [0, 0.05) is 6.07 Å². The number of benzene rings is 3. The van der Waals surface area contributed by atoms with Crippen LogP contribution in [-0.2, 0) is 6.61 Å². The normalized spacial score (nSPS) is 10.7. The molecule has 33 heavy (non-hydrogen) atoms. The van der Waals surface area contributed by atoms with E-state index in [1.165, 1.54) is 18.3 Å².